The molecule has 3 heteroatoms. The highest BCUT2D eigenvalue weighted by molar-refractivity contribution is 5.81. The standard InChI is InChI=1S/C42H43NO2/c44-41-36(24-16-22-34-18-6-1-7-19-34)32-40(43(41)31-17-23-35-20-8-2-9-21-35)33-45-42(37-25-10-3-11-26-37,38-27-12-4-13-28-38)39-29-14-5-15-30-39/h1-15,18-21,25-30,36,40H,16-17,22-24,31-33H2/t36-,40+/m1/s1. The number of hydrogen-bond acceptors (Lipinski definition) is 2. The largest absolute Gasteiger partial charge is 0.359 e. The lowest BCUT2D eigenvalue weighted by molar-refractivity contribution is -0.133. The molecule has 1 heterocycles. The van der Waals surface area contributed by atoms with Crippen molar-refractivity contribution in [2.24, 2.45) is 5.92 Å². The molecule has 0 spiro atoms. The van der Waals surface area contributed by atoms with E-state index in [1.807, 2.05) is 18.2 Å². The van der Waals surface area contributed by atoms with E-state index in [1.54, 1.807) is 0 Å². The molecular weight excluding hydrogens is 550 g/mol. The van der Waals surface area contributed by atoms with Crippen LogP contribution in [0.25, 0.3) is 0 Å². The average molecular weight is 594 g/mol. The van der Waals surface area contributed by atoms with Crippen molar-refractivity contribution in [3.8, 4) is 0 Å². The number of hydrogen-bond donors (Lipinski definition) is 0. The van der Waals surface area contributed by atoms with Gasteiger partial charge in [0.1, 0.15) is 5.60 Å². The van der Waals surface area contributed by atoms with Crippen LogP contribution >= 0.6 is 0 Å². The summed E-state index contributed by atoms with van der Waals surface area (Å²) < 4.78 is 7.24. The van der Waals surface area contributed by atoms with Crippen LogP contribution in [0.3, 0.4) is 0 Å². The first kappa shape index (κ1) is 30.6. The van der Waals surface area contributed by atoms with Gasteiger partial charge in [0.05, 0.1) is 12.6 Å². The van der Waals surface area contributed by atoms with Gasteiger partial charge in [-0.3, -0.25) is 4.79 Å². The maximum atomic E-state index is 14.0. The molecule has 0 bridgehead atoms. The smallest absolute Gasteiger partial charge is 0.226 e. The topological polar surface area (TPSA) is 29.5 Å². The Morgan fingerprint density at radius 2 is 1.00 bits per heavy atom. The van der Waals surface area contributed by atoms with Crippen LogP contribution < -0.4 is 0 Å². The number of carbonyl (C=O) groups excluding carboxylic acids is 1. The van der Waals surface area contributed by atoms with Crippen LogP contribution in [0.4, 0.5) is 0 Å². The molecule has 228 valence electrons. The minimum Gasteiger partial charge on any atom is -0.359 e. The predicted molar refractivity (Wildman–Crippen MR) is 183 cm³/mol. The van der Waals surface area contributed by atoms with Gasteiger partial charge >= 0.3 is 0 Å². The molecule has 0 unspecified atom stereocenters. The van der Waals surface area contributed by atoms with Crippen LogP contribution in [0.15, 0.2) is 152 Å². The van der Waals surface area contributed by atoms with Crippen molar-refractivity contribution in [2.75, 3.05) is 13.2 Å². The van der Waals surface area contributed by atoms with Crippen molar-refractivity contribution < 1.29 is 9.53 Å². The first-order chi connectivity index (χ1) is 22.2. The molecule has 1 aliphatic heterocycles. The van der Waals surface area contributed by atoms with E-state index >= 15 is 0 Å². The zero-order chi connectivity index (χ0) is 30.7. The van der Waals surface area contributed by atoms with E-state index in [-0.39, 0.29) is 17.9 Å². The number of aryl methyl sites for hydroxylation is 2. The second kappa shape index (κ2) is 15.0. The molecule has 5 aromatic rings. The Labute approximate surface area is 268 Å². The highest BCUT2D eigenvalue weighted by Crippen LogP contribution is 2.41. The highest BCUT2D eigenvalue weighted by Gasteiger charge is 2.43. The van der Waals surface area contributed by atoms with E-state index in [0.29, 0.717) is 6.61 Å². The molecule has 45 heavy (non-hydrogen) atoms. The van der Waals surface area contributed by atoms with Crippen molar-refractivity contribution in [1.82, 2.24) is 4.90 Å². The third kappa shape index (κ3) is 7.27. The summed E-state index contributed by atoms with van der Waals surface area (Å²) in [7, 11) is 0. The summed E-state index contributed by atoms with van der Waals surface area (Å²) in [5, 5.41) is 0. The Morgan fingerprint density at radius 1 is 0.578 bits per heavy atom. The number of likely N-dealkylation sites (tertiary alicyclic amines) is 1. The molecule has 2 atom stereocenters. The molecule has 6 rings (SSSR count). The Morgan fingerprint density at radius 3 is 1.47 bits per heavy atom. The summed E-state index contributed by atoms with van der Waals surface area (Å²) in [5.74, 6) is 0.313. The fraction of sp³-hybridized carbons (Fsp3) is 0.262. The molecule has 1 amide bonds. The lowest BCUT2D eigenvalue weighted by Crippen LogP contribution is -2.41. The van der Waals surface area contributed by atoms with Crippen LogP contribution in [-0.4, -0.2) is 30.0 Å². The van der Waals surface area contributed by atoms with E-state index in [2.05, 4.69) is 138 Å². The fourth-order valence-electron chi connectivity index (χ4n) is 6.95. The molecule has 0 saturated carbocycles. The number of nitrogens with zero attached hydrogens (tertiary/aromatic N) is 1. The van der Waals surface area contributed by atoms with Gasteiger partial charge in [-0.2, -0.15) is 0 Å². The quantitative estimate of drug-likeness (QED) is 0.120. The van der Waals surface area contributed by atoms with Crippen molar-refractivity contribution in [3.63, 3.8) is 0 Å². The minimum absolute atomic E-state index is 0.0190. The Hall–Kier alpha value is -4.47. The second-order valence-electron chi connectivity index (χ2n) is 12.2. The van der Waals surface area contributed by atoms with Crippen molar-refractivity contribution in [2.45, 2.75) is 50.2 Å². The van der Waals surface area contributed by atoms with Crippen LogP contribution in [0.5, 0.6) is 0 Å². The van der Waals surface area contributed by atoms with Crippen LogP contribution in [0, 0.1) is 5.92 Å². The summed E-state index contributed by atoms with van der Waals surface area (Å²) in [4.78, 5) is 16.1. The molecule has 5 aromatic carbocycles. The second-order valence-corrected chi connectivity index (χ2v) is 12.2. The summed E-state index contributed by atoms with van der Waals surface area (Å²) in [6.45, 7) is 1.21. The average Bonchev–Trinajstić information content (AvgIpc) is 3.41. The molecule has 1 fully saturated rings. The number of benzene rings is 5. The Balaban J connectivity index is 1.26. The highest BCUT2D eigenvalue weighted by atomic mass is 16.5. The molecule has 0 radical (unpaired) electrons. The Bertz CT molecular complexity index is 1490. The Kier molecular flexibility index (Phi) is 10.2. The van der Waals surface area contributed by atoms with Gasteiger partial charge in [-0.25, -0.2) is 0 Å². The lowest BCUT2D eigenvalue weighted by atomic mass is 9.80. The maximum Gasteiger partial charge on any atom is 0.226 e. The minimum atomic E-state index is -0.798. The fourth-order valence-corrected chi connectivity index (χ4v) is 6.95. The summed E-state index contributed by atoms with van der Waals surface area (Å²) in [5.41, 5.74) is 5.10. The predicted octanol–water partition coefficient (Wildman–Crippen LogP) is 8.87. The number of carbonyl (C=O) groups is 1. The van der Waals surface area contributed by atoms with Crippen LogP contribution in [-0.2, 0) is 28.0 Å². The zero-order valence-corrected chi connectivity index (χ0v) is 26.0. The number of ether oxygens (including phenoxy) is 1. The third-order valence-electron chi connectivity index (χ3n) is 9.23. The SMILES string of the molecule is O=C1[C@H](CCCc2ccccc2)C[C@@H](COC(c2ccccc2)(c2ccccc2)c2ccccc2)N1CCCc1ccccc1. The van der Waals surface area contributed by atoms with Crippen molar-refractivity contribution in [3.05, 3.63) is 179 Å². The van der Waals surface area contributed by atoms with Gasteiger partial charge in [0, 0.05) is 12.5 Å². The molecule has 1 aliphatic rings. The molecule has 3 nitrogen and oxygen atoms in total. The van der Waals surface area contributed by atoms with Crippen molar-refractivity contribution in [1.29, 1.82) is 0 Å². The van der Waals surface area contributed by atoms with E-state index in [1.165, 1.54) is 11.1 Å². The van der Waals surface area contributed by atoms with E-state index < -0.39 is 5.60 Å². The monoisotopic (exact) mass is 593 g/mol. The van der Waals surface area contributed by atoms with E-state index in [0.717, 1.165) is 61.8 Å². The first-order valence-corrected chi connectivity index (χ1v) is 16.4. The molecule has 0 N–H and O–H groups in total. The third-order valence-corrected chi connectivity index (χ3v) is 9.23. The zero-order valence-electron chi connectivity index (χ0n) is 26.0. The molecule has 0 aliphatic carbocycles. The van der Waals surface area contributed by atoms with E-state index in [9.17, 15) is 4.79 Å². The number of amides is 1. The lowest BCUT2D eigenvalue weighted by Gasteiger charge is -2.38. The summed E-state index contributed by atoms with van der Waals surface area (Å²) in [6.07, 6.45) is 5.63. The van der Waals surface area contributed by atoms with E-state index in [4.69, 9.17) is 4.74 Å². The summed E-state index contributed by atoms with van der Waals surface area (Å²) >= 11 is 0. The number of rotatable bonds is 14. The maximum absolute atomic E-state index is 14.0. The van der Waals surface area contributed by atoms with Gasteiger partial charge in [-0.05, 0) is 66.3 Å². The summed E-state index contributed by atoms with van der Waals surface area (Å²) in [6, 6.07) is 52.8. The van der Waals surface area contributed by atoms with Gasteiger partial charge in [0.2, 0.25) is 5.91 Å². The molecule has 1 saturated heterocycles. The van der Waals surface area contributed by atoms with Gasteiger partial charge < -0.3 is 9.64 Å². The van der Waals surface area contributed by atoms with Gasteiger partial charge in [0.15, 0.2) is 0 Å². The van der Waals surface area contributed by atoms with Gasteiger partial charge in [0.25, 0.3) is 0 Å². The molecular formula is C42H43NO2. The van der Waals surface area contributed by atoms with Crippen LogP contribution in [0.2, 0.25) is 0 Å². The van der Waals surface area contributed by atoms with Gasteiger partial charge in [-0.1, -0.05) is 152 Å². The normalized spacial score (nSPS) is 16.6. The first-order valence-electron chi connectivity index (χ1n) is 16.4. The van der Waals surface area contributed by atoms with Crippen LogP contribution in [0.1, 0.15) is 53.5 Å². The molecule has 0 aromatic heterocycles. The van der Waals surface area contributed by atoms with Gasteiger partial charge in [-0.15, -0.1) is 0 Å². The van der Waals surface area contributed by atoms with Crippen molar-refractivity contribution >= 4 is 5.91 Å².